The van der Waals surface area contributed by atoms with Gasteiger partial charge in [0, 0.05) is 36.2 Å². The van der Waals surface area contributed by atoms with Crippen molar-refractivity contribution in [1.29, 1.82) is 0 Å². The highest BCUT2D eigenvalue weighted by atomic mass is 32.1. The number of amides is 1. The van der Waals surface area contributed by atoms with E-state index in [-0.39, 0.29) is 12.3 Å². The number of carbonyl (C=O) groups is 1. The second-order valence-electron chi connectivity index (χ2n) is 5.81. The van der Waals surface area contributed by atoms with Gasteiger partial charge in [0.2, 0.25) is 17.7 Å². The first-order valence-electron chi connectivity index (χ1n) is 8.30. The number of thiophene rings is 1. The number of hydrogen-bond acceptors (Lipinski definition) is 7. The molecule has 0 aliphatic carbocycles. The summed E-state index contributed by atoms with van der Waals surface area (Å²) in [6, 6.07) is 5.55. The minimum atomic E-state index is -0.140. The first-order chi connectivity index (χ1) is 13.2. The number of imidazole rings is 1. The number of aryl methyl sites for hydroxylation is 2. The molecular weight excluding hydrogens is 364 g/mol. The Hall–Kier alpha value is -3.33. The third-order valence-electron chi connectivity index (χ3n) is 3.91. The van der Waals surface area contributed by atoms with Gasteiger partial charge in [-0.15, -0.1) is 10.2 Å². The lowest BCUT2D eigenvalue weighted by Crippen LogP contribution is -2.13. The van der Waals surface area contributed by atoms with Gasteiger partial charge in [0.05, 0.1) is 11.9 Å². The van der Waals surface area contributed by atoms with Gasteiger partial charge in [-0.25, -0.2) is 9.97 Å². The van der Waals surface area contributed by atoms with Crippen molar-refractivity contribution < 1.29 is 9.21 Å². The average molecular weight is 380 g/mol. The maximum atomic E-state index is 12.1. The van der Waals surface area contributed by atoms with Gasteiger partial charge >= 0.3 is 0 Å². The summed E-state index contributed by atoms with van der Waals surface area (Å²) in [5.74, 6) is 2.37. The highest BCUT2D eigenvalue weighted by Crippen LogP contribution is 2.21. The number of rotatable bonds is 6. The van der Waals surface area contributed by atoms with Crippen molar-refractivity contribution >= 4 is 22.9 Å². The van der Waals surface area contributed by atoms with Gasteiger partial charge in [-0.05, 0) is 30.5 Å². The SMILES string of the molecule is Cc1nccn1-c1ccc(NC(=O)CCc2nnc(-c3ccsc3)o2)cn1. The molecular formula is C18H16N6O2S. The molecule has 0 fully saturated rings. The third-order valence-corrected chi connectivity index (χ3v) is 4.59. The van der Waals surface area contributed by atoms with Gasteiger partial charge in [-0.3, -0.25) is 9.36 Å². The number of nitrogens with zero attached hydrogens (tertiary/aromatic N) is 5. The second kappa shape index (κ2) is 7.50. The van der Waals surface area contributed by atoms with E-state index in [0.29, 0.717) is 23.9 Å². The molecule has 0 aliphatic rings. The van der Waals surface area contributed by atoms with Crippen LogP contribution in [0.3, 0.4) is 0 Å². The van der Waals surface area contributed by atoms with E-state index in [1.165, 1.54) is 0 Å². The van der Waals surface area contributed by atoms with Crippen LogP contribution in [0.2, 0.25) is 0 Å². The Morgan fingerprint density at radius 3 is 2.89 bits per heavy atom. The molecule has 4 aromatic heterocycles. The fourth-order valence-electron chi connectivity index (χ4n) is 2.52. The van der Waals surface area contributed by atoms with Gasteiger partial charge in [0.25, 0.3) is 0 Å². The number of hydrogen-bond donors (Lipinski definition) is 1. The minimum Gasteiger partial charge on any atom is -0.421 e. The zero-order valence-corrected chi connectivity index (χ0v) is 15.3. The van der Waals surface area contributed by atoms with Gasteiger partial charge in [0.15, 0.2) is 0 Å². The van der Waals surface area contributed by atoms with Crippen LogP contribution in [0.5, 0.6) is 0 Å². The van der Waals surface area contributed by atoms with E-state index in [1.54, 1.807) is 29.8 Å². The smallest absolute Gasteiger partial charge is 0.248 e. The highest BCUT2D eigenvalue weighted by molar-refractivity contribution is 7.08. The Labute approximate surface area is 158 Å². The molecule has 9 heteroatoms. The number of aromatic nitrogens is 5. The van der Waals surface area contributed by atoms with Crippen LogP contribution >= 0.6 is 11.3 Å². The first-order valence-corrected chi connectivity index (χ1v) is 9.24. The Kier molecular flexibility index (Phi) is 4.75. The summed E-state index contributed by atoms with van der Waals surface area (Å²) < 4.78 is 7.45. The molecule has 4 aromatic rings. The standard InChI is InChI=1S/C18H16N6O2S/c1-12-19-7-8-24(12)15-3-2-14(10-20-15)21-16(25)4-5-17-22-23-18(26-17)13-6-9-27-11-13/h2-3,6-11H,4-5H2,1H3,(H,21,25). The van der Waals surface area contributed by atoms with E-state index in [4.69, 9.17) is 4.42 Å². The Morgan fingerprint density at radius 1 is 1.26 bits per heavy atom. The quantitative estimate of drug-likeness (QED) is 0.551. The zero-order valence-electron chi connectivity index (χ0n) is 14.5. The molecule has 4 rings (SSSR count). The van der Waals surface area contributed by atoms with Crippen LogP contribution in [0.1, 0.15) is 18.1 Å². The molecule has 4 heterocycles. The van der Waals surface area contributed by atoms with Crippen LogP contribution < -0.4 is 5.32 Å². The lowest BCUT2D eigenvalue weighted by molar-refractivity contribution is -0.116. The summed E-state index contributed by atoms with van der Waals surface area (Å²) in [5, 5.41) is 14.7. The molecule has 27 heavy (non-hydrogen) atoms. The van der Waals surface area contributed by atoms with Gasteiger partial charge in [-0.1, -0.05) is 0 Å². The zero-order chi connectivity index (χ0) is 18.6. The number of anilines is 1. The maximum absolute atomic E-state index is 12.1. The third kappa shape index (κ3) is 3.93. The topological polar surface area (TPSA) is 98.7 Å². The fraction of sp³-hybridized carbons (Fsp3) is 0.167. The summed E-state index contributed by atoms with van der Waals surface area (Å²) in [6.45, 7) is 1.90. The monoisotopic (exact) mass is 380 g/mol. The van der Waals surface area contributed by atoms with Crippen LogP contribution in [-0.4, -0.2) is 30.6 Å². The molecule has 0 unspecified atom stereocenters. The fourth-order valence-corrected chi connectivity index (χ4v) is 3.15. The molecule has 0 aromatic carbocycles. The van der Waals surface area contributed by atoms with E-state index < -0.39 is 0 Å². The van der Waals surface area contributed by atoms with Gasteiger partial charge in [0.1, 0.15) is 11.6 Å². The van der Waals surface area contributed by atoms with Crippen LogP contribution in [0.4, 0.5) is 5.69 Å². The molecule has 1 amide bonds. The van der Waals surface area contributed by atoms with Crippen molar-refractivity contribution in [2.45, 2.75) is 19.8 Å². The summed E-state index contributed by atoms with van der Waals surface area (Å²) in [5.41, 5.74) is 1.52. The summed E-state index contributed by atoms with van der Waals surface area (Å²) in [7, 11) is 0. The summed E-state index contributed by atoms with van der Waals surface area (Å²) >= 11 is 1.56. The molecule has 0 radical (unpaired) electrons. The average Bonchev–Trinajstić information content (AvgIpc) is 3.42. The van der Waals surface area contributed by atoms with E-state index in [2.05, 4.69) is 25.5 Å². The van der Waals surface area contributed by atoms with Crippen molar-refractivity contribution in [3.8, 4) is 17.3 Å². The van der Waals surface area contributed by atoms with Gasteiger partial charge < -0.3 is 9.73 Å². The predicted molar refractivity (Wildman–Crippen MR) is 101 cm³/mol. The molecule has 8 nitrogen and oxygen atoms in total. The van der Waals surface area contributed by atoms with E-state index in [9.17, 15) is 4.79 Å². The van der Waals surface area contributed by atoms with Crippen molar-refractivity contribution in [1.82, 2.24) is 24.7 Å². The minimum absolute atomic E-state index is 0.140. The van der Waals surface area contributed by atoms with Crippen LogP contribution in [-0.2, 0) is 11.2 Å². The van der Waals surface area contributed by atoms with Crippen molar-refractivity contribution in [3.63, 3.8) is 0 Å². The van der Waals surface area contributed by atoms with Crippen molar-refractivity contribution in [2.75, 3.05) is 5.32 Å². The Morgan fingerprint density at radius 2 is 2.19 bits per heavy atom. The molecule has 1 N–H and O–H groups in total. The highest BCUT2D eigenvalue weighted by Gasteiger charge is 2.11. The molecule has 0 bridgehead atoms. The molecule has 0 saturated carbocycles. The summed E-state index contributed by atoms with van der Waals surface area (Å²) in [4.78, 5) is 20.7. The normalized spacial score (nSPS) is 10.9. The van der Waals surface area contributed by atoms with Crippen molar-refractivity contribution in [2.24, 2.45) is 0 Å². The Bertz CT molecular complexity index is 1040. The van der Waals surface area contributed by atoms with E-state index >= 15 is 0 Å². The lowest BCUT2D eigenvalue weighted by atomic mass is 10.3. The number of nitrogens with one attached hydrogen (secondary N) is 1. The molecule has 136 valence electrons. The van der Waals surface area contributed by atoms with Crippen molar-refractivity contribution in [3.05, 3.63) is 59.3 Å². The van der Waals surface area contributed by atoms with E-state index in [1.807, 2.05) is 40.6 Å². The molecule has 0 aliphatic heterocycles. The van der Waals surface area contributed by atoms with Crippen LogP contribution in [0, 0.1) is 6.92 Å². The lowest BCUT2D eigenvalue weighted by Gasteiger charge is -2.07. The predicted octanol–water partition coefficient (Wildman–Crippen LogP) is 3.26. The van der Waals surface area contributed by atoms with Gasteiger partial charge in [-0.2, -0.15) is 11.3 Å². The molecule has 0 spiro atoms. The van der Waals surface area contributed by atoms with Crippen LogP contribution in [0.25, 0.3) is 17.3 Å². The van der Waals surface area contributed by atoms with Crippen LogP contribution in [0.15, 0.2) is 52.0 Å². The Balaban J connectivity index is 1.32. The maximum Gasteiger partial charge on any atom is 0.248 e. The molecule has 0 atom stereocenters. The number of carbonyl (C=O) groups excluding carboxylic acids is 1. The first kappa shape index (κ1) is 17.1. The largest absolute Gasteiger partial charge is 0.421 e. The molecule has 0 saturated heterocycles. The number of pyridine rings is 1. The summed E-state index contributed by atoms with van der Waals surface area (Å²) in [6.07, 6.45) is 5.79. The second-order valence-corrected chi connectivity index (χ2v) is 6.59. The van der Waals surface area contributed by atoms with E-state index in [0.717, 1.165) is 17.2 Å².